The minimum Gasteiger partial charge on any atom is -0.478 e. The van der Waals surface area contributed by atoms with Gasteiger partial charge in [-0.05, 0) is 57.5 Å². The number of aromatic carboxylic acids is 1. The molecule has 1 aliphatic rings. The van der Waals surface area contributed by atoms with Crippen molar-refractivity contribution >= 4 is 23.5 Å². The third-order valence-electron chi connectivity index (χ3n) is 5.47. The maximum Gasteiger partial charge on any atom is 0.335 e. The Balaban J connectivity index is 1.68. The summed E-state index contributed by atoms with van der Waals surface area (Å²) in [5.41, 5.74) is 3.10. The van der Waals surface area contributed by atoms with E-state index in [-0.39, 0.29) is 17.0 Å². The maximum atomic E-state index is 12.3. The van der Waals surface area contributed by atoms with E-state index in [9.17, 15) is 9.59 Å². The largest absolute Gasteiger partial charge is 0.478 e. The highest BCUT2D eigenvalue weighted by Crippen LogP contribution is 2.13. The monoisotopic (exact) mass is 465 g/mol. The second-order valence-electron chi connectivity index (χ2n) is 9.69. The molecule has 1 fully saturated rings. The fourth-order valence-electron chi connectivity index (χ4n) is 3.68. The van der Waals surface area contributed by atoms with Gasteiger partial charge in [0.05, 0.1) is 18.7 Å². The molecule has 0 saturated carbocycles. The summed E-state index contributed by atoms with van der Waals surface area (Å²) in [6.07, 6.45) is 0. The highest BCUT2D eigenvalue weighted by atomic mass is 16.4. The number of nitrogens with zero attached hydrogens (tertiary/aromatic N) is 3. The van der Waals surface area contributed by atoms with Gasteiger partial charge in [-0.3, -0.25) is 9.69 Å². The first-order valence-corrected chi connectivity index (χ1v) is 11.6. The van der Waals surface area contributed by atoms with E-state index in [1.807, 2.05) is 20.8 Å². The number of hydrogen-bond donors (Lipinski definition) is 3. The number of aliphatic imine (C=N–C) groups is 1. The maximum absolute atomic E-state index is 12.3. The van der Waals surface area contributed by atoms with Gasteiger partial charge in [-0.25, -0.2) is 9.79 Å². The number of benzene rings is 2. The van der Waals surface area contributed by atoms with E-state index < -0.39 is 5.97 Å². The Bertz CT molecular complexity index is 1000. The lowest BCUT2D eigenvalue weighted by Crippen LogP contribution is -2.53. The van der Waals surface area contributed by atoms with Crippen molar-refractivity contribution in [2.24, 2.45) is 4.99 Å². The summed E-state index contributed by atoms with van der Waals surface area (Å²) in [6.45, 7) is 11.9. The van der Waals surface area contributed by atoms with Crippen molar-refractivity contribution in [3.05, 3.63) is 65.2 Å². The second-order valence-corrected chi connectivity index (χ2v) is 9.69. The van der Waals surface area contributed by atoms with Gasteiger partial charge in [0.1, 0.15) is 0 Å². The Morgan fingerprint density at radius 2 is 1.59 bits per heavy atom. The average Bonchev–Trinajstić information content (AvgIpc) is 2.77. The van der Waals surface area contributed by atoms with Crippen LogP contribution < -0.4 is 10.6 Å². The Kier molecular flexibility index (Phi) is 8.28. The number of nitrogens with one attached hydrogen (secondary N) is 2. The number of anilines is 1. The number of carboxylic acids is 1. The molecule has 0 spiro atoms. The summed E-state index contributed by atoms with van der Waals surface area (Å²) in [5.74, 6) is -0.181. The van der Waals surface area contributed by atoms with Crippen LogP contribution in [0.4, 0.5) is 5.69 Å². The Hall–Kier alpha value is -3.39. The molecule has 0 unspecified atom stereocenters. The second kappa shape index (κ2) is 11.2. The van der Waals surface area contributed by atoms with E-state index in [2.05, 4.69) is 51.6 Å². The van der Waals surface area contributed by atoms with E-state index in [1.165, 1.54) is 5.56 Å². The fourth-order valence-corrected chi connectivity index (χ4v) is 3.68. The van der Waals surface area contributed by atoms with Crippen molar-refractivity contribution < 1.29 is 14.7 Å². The predicted octanol–water partition coefficient (Wildman–Crippen LogP) is 3.19. The lowest BCUT2D eigenvalue weighted by Gasteiger charge is -2.36. The molecule has 0 atom stereocenters. The van der Waals surface area contributed by atoms with E-state index in [0.29, 0.717) is 13.1 Å². The van der Waals surface area contributed by atoms with Gasteiger partial charge in [0, 0.05) is 37.4 Å². The van der Waals surface area contributed by atoms with Gasteiger partial charge >= 0.3 is 5.97 Å². The van der Waals surface area contributed by atoms with E-state index >= 15 is 0 Å². The first kappa shape index (κ1) is 25.2. The Morgan fingerprint density at radius 1 is 0.971 bits per heavy atom. The van der Waals surface area contributed by atoms with Gasteiger partial charge in [-0.2, -0.15) is 0 Å². The standard InChI is InChI=1S/C26H35N5O3/c1-19-5-7-20(8-6-19)17-27-25(28-22-11-9-21(10-12-22)24(33)34)31-15-13-30(14-16-31)18-23(32)29-26(2,3)4/h5-12H,13-18H2,1-4H3,(H,27,28)(H,29,32)(H,33,34). The third-order valence-corrected chi connectivity index (χ3v) is 5.47. The molecule has 1 amide bonds. The first-order valence-electron chi connectivity index (χ1n) is 11.6. The third kappa shape index (κ3) is 7.88. The van der Waals surface area contributed by atoms with Crippen LogP contribution in [0.2, 0.25) is 0 Å². The van der Waals surface area contributed by atoms with Crippen LogP contribution in [0.25, 0.3) is 0 Å². The SMILES string of the molecule is Cc1ccc(CN=C(Nc2ccc(C(=O)O)cc2)N2CCN(CC(=O)NC(C)(C)C)CC2)cc1. The zero-order valence-electron chi connectivity index (χ0n) is 20.5. The minimum absolute atomic E-state index is 0.0332. The van der Waals surface area contributed by atoms with Crippen molar-refractivity contribution in [1.29, 1.82) is 0 Å². The van der Waals surface area contributed by atoms with Crippen LogP contribution in [-0.4, -0.2) is 71.0 Å². The molecule has 1 saturated heterocycles. The molecule has 1 heterocycles. The number of piperazine rings is 1. The van der Waals surface area contributed by atoms with Crippen LogP contribution in [0.15, 0.2) is 53.5 Å². The summed E-state index contributed by atoms with van der Waals surface area (Å²) in [5, 5.41) is 15.5. The highest BCUT2D eigenvalue weighted by molar-refractivity contribution is 5.94. The molecule has 0 radical (unpaired) electrons. The van der Waals surface area contributed by atoms with Gasteiger partial charge in [0.15, 0.2) is 5.96 Å². The molecule has 3 N–H and O–H groups in total. The molecule has 1 aliphatic heterocycles. The molecule has 0 aromatic heterocycles. The van der Waals surface area contributed by atoms with Gasteiger partial charge < -0.3 is 20.6 Å². The van der Waals surface area contributed by atoms with E-state index in [0.717, 1.165) is 43.4 Å². The van der Waals surface area contributed by atoms with Crippen LogP contribution in [0.5, 0.6) is 0 Å². The van der Waals surface area contributed by atoms with Crippen LogP contribution in [0, 0.1) is 6.92 Å². The number of guanidine groups is 1. The smallest absolute Gasteiger partial charge is 0.335 e. The summed E-state index contributed by atoms with van der Waals surface area (Å²) in [4.78, 5) is 32.6. The van der Waals surface area contributed by atoms with Crippen molar-refractivity contribution in [3.63, 3.8) is 0 Å². The van der Waals surface area contributed by atoms with E-state index in [1.54, 1.807) is 24.3 Å². The number of rotatable bonds is 6. The Morgan fingerprint density at radius 3 is 2.15 bits per heavy atom. The van der Waals surface area contributed by atoms with E-state index in [4.69, 9.17) is 10.1 Å². The van der Waals surface area contributed by atoms with Crippen molar-refractivity contribution in [2.45, 2.75) is 39.8 Å². The zero-order valence-corrected chi connectivity index (χ0v) is 20.5. The molecule has 2 aromatic carbocycles. The molecule has 8 heteroatoms. The summed E-state index contributed by atoms with van der Waals surface area (Å²) in [6, 6.07) is 14.9. The molecular formula is C26H35N5O3. The number of amides is 1. The molecule has 182 valence electrons. The van der Waals surface area contributed by atoms with Gasteiger partial charge in [0.2, 0.25) is 5.91 Å². The summed E-state index contributed by atoms with van der Waals surface area (Å²) in [7, 11) is 0. The van der Waals surface area contributed by atoms with Crippen molar-refractivity contribution in [2.75, 3.05) is 38.0 Å². The number of carbonyl (C=O) groups is 2. The minimum atomic E-state index is -0.952. The van der Waals surface area contributed by atoms with Crippen LogP contribution in [0.1, 0.15) is 42.3 Å². The summed E-state index contributed by atoms with van der Waals surface area (Å²) >= 11 is 0. The van der Waals surface area contributed by atoms with Gasteiger partial charge in [0.25, 0.3) is 0 Å². The lowest BCUT2D eigenvalue weighted by atomic mass is 10.1. The van der Waals surface area contributed by atoms with Crippen molar-refractivity contribution in [1.82, 2.24) is 15.1 Å². The summed E-state index contributed by atoms with van der Waals surface area (Å²) < 4.78 is 0. The molecule has 0 bridgehead atoms. The fraction of sp³-hybridized carbons (Fsp3) is 0.423. The number of aryl methyl sites for hydroxylation is 1. The van der Waals surface area contributed by atoms with Crippen LogP contribution >= 0.6 is 0 Å². The molecule has 8 nitrogen and oxygen atoms in total. The number of hydrogen-bond acceptors (Lipinski definition) is 4. The van der Waals surface area contributed by atoms with Crippen LogP contribution in [0.3, 0.4) is 0 Å². The normalized spacial score (nSPS) is 15.2. The quantitative estimate of drug-likeness (QED) is 0.448. The molecular weight excluding hydrogens is 430 g/mol. The van der Waals surface area contributed by atoms with Crippen molar-refractivity contribution in [3.8, 4) is 0 Å². The lowest BCUT2D eigenvalue weighted by molar-refractivity contribution is -0.123. The zero-order chi connectivity index (χ0) is 24.7. The van der Waals surface area contributed by atoms with Gasteiger partial charge in [-0.1, -0.05) is 29.8 Å². The molecule has 2 aromatic rings. The number of carbonyl (C=O) groups excluding carboxylic acids is 1. The highest BCUT2D eigenvalue weighted by Gasteiger charge is 2.23. The molecule has 3 rings (SSSR count). The topological polar surface area (TPSA) is 97.3 Å². The average molecular weight is 466 g/mol. The van der Waals surface area contributed by atoms with Gasteiger partial charge in [-0.15, -0.1) is 0 Å². The molecule has 0 aliphatic carbocycles. The predicted molar refractivity (Wildman–Crippen MR) is 135 cm³/mol. The Labute approximate surface area is 201 Å². The number of carboxylic acid groups (broad SMARTS) is 1. The first-order chi connectivity index (χ1) is 16.1. The molecule has 34 heavy (non-hydrogen) atoms. The van der Waals surface area contributed by atoms with Crippen LogP contribution in [-0.2, 0) is 11.3 Å².